The fraction of sp³-hybridized carbons (Fsp3) is 0.188. The van der Waals surface area contributed by atoms with Crippen molar-refractivity contribution in [3.05, 3.63) is 59.9 Å². The number of hydrogen-bond acceptors (Lipinski definition) is 3. The number of benzene rings is 1. The highest BCUT2D eigenvalue weighted by molar-refractivity contribution is 5.95. The maximum atomic E-state index is 12.3. The van der Waals surface area contributed by atoms with E-state index in [0.29, 0.717) is 17.8 Å². The molecule has 108 valence electrons. The average molecular weight is 283 g/mol. The van der Waals surface area contributed by atoms with Gasteiger partial charge in [0.2, 0.25) is 5.91 Å². The third-order valence-electron chi connectivity index (χ3n) is 2.97. The number of carbonyl (C=O) groups is 2. The van der Waals surface area contributed by atoms with Crippen molar-refractivity contribution < 1.29 is 9.59 Å². The van der Waals surface area contributed by atoms with Gasteiger partial charge in [0, 0.05) is 44.2 Å². The summed E-state index contributed by atoms with van der Waals surface area (Å²) < 4.78 is 0. The fourth-order valence-electron chi connectivity index (χ4n) is 1.95. The second kappa shape index (κ2) is 6.65. The standard InChI is InChI=1S/C16H17N3O2/c1-12(20)18-15-5-3-14(4-6-15)16(21)19(2)11-13-7-9-17-10-8-13/h3-10H,11H2,1-2H3,(H,18,20). The molecule has 1 N–H and O–H groups in total. The minimum atomic E-state index is -0.135. The molecule has 0 aliphatic carbocycles. The molecule has 0 atom stereocenters. The van der Waals surface area contributed by atoms with Gasteiger partial charge < -0.3 is 10.2 Å². The quantitative estimate of drug-likeness (QED) is 0.936. The monoisotopic (exact) mass is 283 g/mol. The van der Waals surface area contributed by atoms with Crippen molar-refractivity contribution in [1.82, 2.24) is 9.88 Å². The summed E-state index contributed by atoms with van der Waals surface area (Å²) in [6.45, 7) is 1.97. The van der Waals surface area contributed by atoms with Crippen molar-refractivity contribution in [1.29, 1.82) is 0 Å². The second-order valence-electron chi connectivity index (χ2n) is 4.78. The van der Waals surface area contributed by atoms with Crippen LogP contribution in [0.5, 0.6) is 0 Å². The minimum absolute atomic E-state index is 0.0683. The molecule has 5 nitrogen and oxygen atoms in total. The van der Waals surface area contributed by atoms with Crippen LogP contribution in [0.2, 0.25) is 0 Å². The van der Waals surface area contributed by atoms with Gasteiger partial charge in [0.25, 0.3) is 5.91 Å². The largest absolute Gasteiger partial charge is 0.337 e. The number of amides is 2. The molecule has 0 bridgehead atoms. The summed E-state index contributed by atoms with van der Waals surface area (Å²) in [4.78, 5) is 28.9. The first kappa shape index (κ1) is 14.7. The fourth-order valence-corrected chi connectivity index (χ4v) is 1.95. The van der Waals surface area contributed by atoms with E-state index in [1.54, 1.807) is 48.6 Å². The molecular weight excluding hydrogens is 266 g/mol. The Kier molecular flexibility index (Phi) is 4.66. The summed E-state index contributed by atoms with van der Waals surface area (Å²) in [5, 5.41) is 2.67. The Bertz CT molecular complexity index is 624. The summed E-state index contributed by atoms with van der Waals surface area (Å²) in [6.07, 6.45) is 3.41. The van der Waals surface area contributed by atoms with Crippen molar-refractivity contribution in [2.24, 2.45) is 0 Å². The van der Waals surface area contributed by atoms with E-state index in [1.165, 1.54) is 6.92 Å². The number of nitrogens with zero attached hydrogens (tertiary/aromatic N) is 2. The first-order valence-electron chi connectivity index (χ1n) is 6.58. The van der Waals surface area contributed by atoms with Gasteiger partial charge in [0.15, 0.2) is 0 Å². The van der Waals surface area contributed by atoms with Crippen molar-refractivity contribution in [3.63, 3.8) is 0 Å². The van der Waals surface area contributed by atoms with Crippen LogP contribution in [0.3, 0.4) is 0 Å². The minimum Gasteiger partial charge on any atom is -0.337 e. The van der Waals surface area contributed by atoms with Gasteiger partial charge in [-0.15, -0.1) is 0 Å². The Morgan fingerprint density at radius 1 is 1.10 bits per heavy atom. The molecular formula is C16H17N3O2. The number of nitrogens with one attached hydrogen (secondary N) is 1. The summed E-state index contributed by atoms with van der Waals surface area (Å²) in [5.41, 5.74) is 2.28. The van der Waals surface area contributed by atoms with E-state index in [1.807, 2.05) is 12.1 Å². The lowest BCUT2D eigenvalue weighted by atomic mass is 10.1. The summed E-state index contributed by atoms with van der Waals surface area (Å²) >= 11 is 0. The smallest absolute Gasteiger partial charge is 0.253 e. The molecule has 0 aliphatic heterocycles. The third kappa shape index (κ3) is 4.14. The predicted molar refractivity (Wildman–Crippen MR) is 80.8 cm³/mol. The van der Waals surface area contributed by atoms with Crippen LogP contribution in [0.1, 0.15) is 22.8 Å². The number of rotatable bonds is 4. The predicted octanol–water partition coefficient (Wildman–Crippen LogP) is 2.31. The zero-order valence-electron chi connectivity index (χ0n) is 12.0. The van der Waals surface area contributed by atoms with Crippen LogP contribution in [0.25, 0.3) is 0 Å². The SMILES string of the molecule is CC(=O)Nc1ccc(C(=O)N(C)Cc2ccncc2)cc1. The number of carbonyl (C=O) groups excluding carboxylic acids is 2. The number of anilines is 1. The normalized spacial score (nSPS) is 10.0. The molecule has 0 radical (unpaired) electrons. The number of pyridine rings is 1. The summed E-state index contributed by atoms with van der Waals surface area (Å²) in [5.74, 6) is -0.204. The molecule has 0 spiro atoms. The Morgan fingerprint density at radius 3 is 2.29 bits per heavy atom. The van der Waals surface area contributed by atoms with E-state index >= 15 is 0 Å². The van der Waals surface area contributed by atoms with Gasteiger partial charge in [0.1, 0.15) is 0 Å². The molecule has 0 unspecified atom stereocenters. The van der Waals surface area contributed by atoms with Crippen molar-refractivity contribution in [3.8, 4) is 0 Å². The Labute approximate surface area is 123 Å². The number of hydrogen-bond donors (Lipinski definition) is 1. The lowest BCUT2D eigenvalue weighted by Gasteiger charge is -2.17. The number of aromatic nitrogens is 1. The molecule has 0 aliphatic rings. The van der Waals surface area contributed by atoms with Crippen LogP contribution in [-0.4, -0.2) is 28.7 Å². The van der Waals surface area contributed by atoms with Crippen molar-refractivity contribution >= 4 is 17.5 Å². The van der Waals surface area contributed by atoms with Crippen LogP contribution in [-0.2, 0) is 11.3 Å². The van der Waals surface area contributed by atoms with Gasteiger partial charge in [0.05, 0.1) is 0 Å². The van der Waals surface area contributed by atoms with Crippen LogP contribution >= 0.6 is 0 Å². The molecule has 5 heteroatoms. The molecule has 2 aromatic rings. The van der Waals surface area contributed by atoms with Crippen LogP contribution in [0, 0.1) is 0 Å². The molecule has 1 heterocycles. The van der Waals surface area contributed by atoms with Crippen LogP contribution in [0.4, 0.5) is 5.69 Å². The van der Waals surface area contributed by atoms with E-state index in [2.05, 4.69) is 10.3 Å². The van der Waals surface area contributed by atoms with Gasteiger partial charge in [-0.2, -0.15) is 0 Å². The van der Waals surface area contributed by atoms with E-state index in [4.69, 9.17) is 0 Å². The maximum Gasteiger partial charge on any atom is 0.253 e. The van der Waals surface area contributed by atoms with Crippen LogP contribution in [0.15, 0.2) is 48.8 Å². The van der Waals surface area contributed by atoms with E-state index in [9.17, 15) is 9.59 Å². The van der Waals surface area contributed by atoms with Crippen molar-refractivity contribution in [2.45, 2.75) is 13.5 Å². The third-order valence-corrected chi connectivity index (χ3v) is 2.97. The molecule has 0 saturated carbocycles. The van der Waals surface area contributed by atoms with Gasteiger partial charge in [-0.05, 0) is 42.0 Å². The first-order chi connectivity index (χ1) is 10.1. The molecule has 1 aromatic carbocycles. The Hall–Kier alpha value is -2.69. The zero-order chi connectivity index (χ0) is 15.2. The average Bonchev–Trinajstić information content (AvgIpc) is 2.47. The highest BCUT2D eigenvalue weighted by Gasteiger charge is 2.12. The highest BCUT2D eigenvalue weighted by atomic mass is 16.2. The molecule has 1 aromatic heterocycles. The molecule has 0 saturated heterocycles. The summed E-state index contributed by atoms with van der Waals surface area (Å²) in [7, 11) is 1.75. The van der Waals surface area contributed by atoms with E-state index in [0.717, 1.165) is 5.56 Å². The lowest BCUT2D eigenvalue weighted by Crippen LogP contribution is -2.26. The Balaban J connectivity index is 2.03. The molecule has 2 rings (SSSR count). The van der Waals surface area contributed by atoms with E-state index in [-0.39, 0.29) is 11.8 Å². The topological polar surface area (TPSA) is 62.3 Å². The second-order valence-corrected chi connectivity index (χ2v) is 4.78. The zero-order valence-corrected chi connectivity index (χ0v) is 12.0. The summed E-state index contributed by atoms with van der Waals surface area (Å²) in [6, 6.07) is 10.6. The molecule has 0 fully saturated rings. The van der Waals surface area contributed by atoms with Gasteiger partial charge >= 0.3 is 0 Å². The van der Waals surface area contributed by atoms with Crippen LogP contribution < -0.4 is 5.32 Å². The van der Waals surface area contributed by atoms with Crippen molar-refractivity contribution in [2.75, 3.05) is 12.4 Å². The Morgan fingerprint density at radius 2 is 1.71 bits per heavy atom. The van der Waals surface area contributed by atoms with Gasteiger partial charge in [-0.25, -0.2) is 0 Å². The lowest BCUT2D eigenvalue weighted by molar-refractivity contribution is -0.114. The molecule has 21 heavy (non-hydrogen) atoms. The molecule has 2 amide bonds. The highest BCUT2D eigenvalue weighted by Crippen LogP contribution is 2.12. The maximum absolute atomic E-state index is 12.3. The van der Waals surface area contributed by atoms with E-state index < -0.39 is 0 Å². The van der Waals surface area contributed by atoms with Gasteiger partial charge in [-0.3, -0.25) is 14.6 Å². The van der Waals surface area contributed by atoms with Gasteiger partial charge in [-0.1, -0.05) is 0 Å². The first-order valence-corrected chi connectivity index (χ1v) is 6.58.